The summed E-state index contributed by atoms with van der Waals surface area (Å²) in [6.45, 7) is 0. The van der Waals surface area contributed by atoms with Gasteiger partial charge in [0.2, 0.25) is 5.91 Å². The SMILES string of the molecule is O=C([O-])[C@H]1CC=CC[C@@H]1C(=O)NC1CCCC1. The monoisotopic (exact) mass is 236 g/mol. The van der Waals surface area contributed by atoms with E-state index in [0.717, 1.165) is 25.7 Å². The van der Waals surface area contributed by atoms with Crippen molar-refractivity contribution in [1.29, 1.82) is 0 Å². The van der Waals surface area contributed by atoms with Crippen LogP contribution in [0, 0.1) is 11.8 Å². The van der Waals surface area contributed by atoms with Gasteiger partial charge in [-0.15, -0.1) is 0 Å². The molecule has 0 aliphatic heterocycles. The molecule has 4 nitrogen and oxygen atoms in total. The molecular formula is C13H18NO3-. The van der Waals surface area contributed by atoms with Crippen LogP contribution in [0.5, 0.6) is 0 Å². The number of carbonyl (C=O) groups excluding carboxylic acids is 2. The number of rotatable bonds is 3. The molecule has 0 unspecified atom stereocenters. The van der Waals surface area contributed by atoms with Gasteiger partial charge in [0.1, 0.15) is 0 Å². The molecule has 1 saturated carbocycles. The Labute approximate surface area is 101 Å². The molecule has 0 bridgehead atoms. The van der Waals surface area contributed by atoms with Crippen molar-refractivity contribution < 1.29 is 14.7 Å². The zero-order valence-corrected chi connectivity index (χ0v) is 9.85. The van der Waals surface area contributed by atoms with Crippen LogP contribution in [0.15, 0.2) is 12.2 Å². The van der Waals surface area contributed by atoms with Gasteiger partial charge in [-0.1, -0.05) is 25.0 Å². The minimum absolute atomic E-state index is 0.115. The topological polar surface area (TPSA) is 69.2 Å². The number of hydrogen-bond donors (Lipinski definition) is 1. The highest BCUT2D eigenvalue weighted by Crippen LogP contribution is 2.26. The maximum Gasteiger partial charge on any atom is 0.224 e. The Hall–Kier alpha value is -1.32. The molecule has 2 aliphatic carbocycles. The number of aliphatic carboxylic acids is 1. The number of carboxylic acids is 1. The molecule has 17 heavy (non-hydrogen) atoms. The Morgan fingerprint density at radius 1 is 1.06 bits per heavy atom. The summed E-state index contributed by atoms with van der Waals surface area (Å²) in [5.74, 6) is -2.34. The second kappa shape index (κ2) is 5.34. The van der Waals surface area contributed by atoms with Crippen molar-refractivity contribution in [3.63, 3.8) is 0 Å². The number of amides is 1. The summed E-state index contributed by atoms with van der Waals surface area (Å²) in [7, 11) is 0. The van der Waals surface area contributed by atoms with Crippen molar-refractivity contribution in [3.8, 4) is 0 Å². The standard InChI is InChI=1S/C13H19NO3/c15-12(14-9-5-1-2-6-9)10-7-3-4-8-11(10)13(16)17/h3-4,9-11H,1-2,5-8H2,(H,14,15)(H,16,17)/p-1/t10-,11-/m0/s1. The quantitative estimate of drug-likeness (QED) is 0.720. The van der Waals surface area contributed by atoms with Gasteiger partial charge in [0.05, 0.1) is 0 Å². The van der Waals surface area contributed by atoms with Crippen LogP contribution in [0.3, 0.4) is 0 Å². The van der Waals surface area contributed by atoms with Crippen molar-refractivity contribution in [2.45, 2.75) is 44.6 Å². The van der Waals surface area contributed by atoms with E-state index in [1.165, 1.54) is 0 Å². The third-order valence-corrected chi connectivity index (χ3v) is 3.77. The number of nitrogens with one attached hydrogen (secondary N) is 1. The van der Waals surface area contributed by atoms with Gasteiger partial charge in [0.25, 0.3) is 0 Å². The minimum atomic E-state index is -1.11. The van der Waals surface area contributed by atoms with E-state index in [1.807, 2.05) is 12.2 Å². The second-order valence-electron chi connectivity index (χ2n) is 4.96. The van der Waals surface area contributed by atoms with E-state index >= 15 is 0 Å². The van der Waals surface area contributed by atoms with Crippen LogP contribution >= 0.6 is 0 Å². The van der Waals surface area contributed by atoms with Crippen molar-refractivity contribution in [1.82, 2.24) is 5.32 Å². The van der Waals surface area contributed by atoms with Gasteiger partial charge in [-0.05, 0) is 25.7 Å². The second-order valence-corrected chi connectivity index (χ2v) is 4.96. The van der Waals surface area contributed by atoms with E-state index in [9.17, 15) is 14.7 Å². The van der Waals surface area contributed by atoms with Gasteiger partial charge in [0, 0.05) is 23.8 Å². The maximum atomic E-state index is 12.0. The number of carbonyl (C=O) groups is 2. The van der Waals surface area contributed by atoms with Crippen molar-refractivity contribution in [2.24, 2.45) is 11.8 Å². The summed E-state index contributed by atoms with van der Waals surface area (Å²) in [5, 5.41) is 14.0. The van der Waals surface area contributed by atoms with E-state index in [2.05, 4.69) is 5.32 Å². The van der Waals surface area contributed by atoms with E-state index in [-0.39, 0.29) is 11.9 Å². The molecule has 4 heteroatoms. The molecule has 0 heterocycles. The largest absolute Gasteiger partial charge is 0.550 e. The molecular weight excluding hydrogens is 218 g/mol. The Morgan fingerprint density at radius 2 is 1.65 bits per heavy atom. The normalized spacial score (nSPS) is 29.2. The van der Waals surface area contributed by atoms with Gasteiger partial charge in [-0.25, -0.2) is 0 Å². The summed E-state index contributed by atoms with van der Waals surface area (Å²) in [6, 6.07) is 0.246. The maximum absolute atomic E-state index is 12.0. The molecule has 0 aromatic heterocycles. The Balaban J connectivity index is 1.96. The van der Waals surface area contributed by atoms with E-state index in [1.54, 1.807) is 0 Å². The third-order valence-electron chi connectivity index (χ3n) is 3.77. The first kappa shape index (κ1) is 12.1. The molecule has 0 aromatic rings. The third kappa shape index (κ3) is 2.87. The van der Waals surface area contributed by atoms with Gasteiger partial charge < -0.3 is 15.2 Å². The molecule has 0 spiro atoms. The lowest BCUT2D eigenvalue weighted by molar-refractivity contribution is -0.313. The van der Waals surface area contributed by atoms with Crippen molar-refractivity contribution in [2.75, 3.05) is 0 Å². The van der Waals surface area contributed by atoms with Crippen molar-refractivity contribution in [3.05, 3.63) is 12.2 Å². The fourth-order valence-electron chi connectivity index (χ4n) is 2.74. The van der Waals surface area contributed by atoms with Gasteiger partial charge in [-0.3, -0.25) is 4.79 Å². The van der Waals surface area contributed by atoms with Gasteiger partial charge in [0.15, 0.2) is 0 Å². The average molecular weight is 236 g/mol. The van der Waals surface area contributed by atoms with Gasteiger partial charge in [-0.2, -0.15) is 0 Å². The fraction of sp³-hybridized carbons (Fsp3) is 0.692. The van der Waals surface area contributed by atoms with Crippen LogP contribution in [-0.4, -0.2) is 17.9 Å². The molecule has 2 rings (SSSR count). The number of allylic oxidation sites excluding steroid dienone is 2. The predicted octanol–water partition coefficient (Wildman–Crippen LogP) is 0.377. The highest BCUT2D eigenvalue weighted by molar-refractivity contribution is 5.84. The smallest absolute Gasteiger partial charge is 0.224 e. The minimum Gasteiger partial charge on any atom is -0.550 e. The first-order chi connectivity index (χ1) is 8.18. The molecule has 2 aliphatic rings. The fourth-order valence-corrected chi connectivity index (χ4v) is 2.74. The van der Waals surface area contributed by atoms with E-state index < -0.39 is 17.8 Å². The van der Waals surface area contributed by atoms with Crippen LogP contribution in [-0.2, 0) is 9.59 Å². The lowest BCUT2D eigenvalue weighted by Crippen LogP contribution is -2.45. The first-order valence-corrected chi connectivity index (χ1v) is 6.34. The molecule has 94 valence electrons. The zero-order valence-electron chi connectivity index (χ0n) is 9.85. The number of hydrogen-bond acceptors (Lipinski definition) is 3. The van der Waals surface area contributed by atoms with E-state index in [4.69, 9.17) is 0 Å². The summed E-state index contributed by atoms with van der Waals surface area (Å²) < 4.78 is 0. The summed E-state index contributed by atoms with van der Waals surface area (Å²) in [5.41, 5.74) is 0. The predicted molar refractivity (Wildman–Crippen MR) is 60.8 cm³/mol. The lowest BCUT2D eigenvalue weighted by atomic mass is 9.82. The van der Waals surface area contributed by atoms with Crippen molar-refractivity contribution >= 4 is 11.9 Å². The Kier molecular flexibility index (Phi) is 3.82. The van der Waals surface area contributed by atoms with Crippen LogP contribution in [0.25, 0.3) is 0 Å². The molecule has 2 atom stereocenters. The highest BCUT2D eigenvalue weighted by Gasteiger charge is 2.31. The van der Waals surface area contributed by atoms with Crippen LogP contribution in [0.2, 0.25) is 0 Å². The summed E-state index contributed by atoms with van der Waals surface area (Å²) in [6.07, 6.45) is 8.97. The summed E-state index contributed by atoms with van der Waals surface area (Å²) >= 11 is 0. The molecule has 0 saturated heterocycles. The molecule has 0 radical (unpaired) electrons. The molecule has 1 amide bonds. The first-order valence-electron chi connectivity index (χ1n) is 6.34. The molecule has 1 N–H and O–H groups in total. The van der Waals surface area contributed by atoms with E-state index in [0.29, 0.717) is 12.8 Å². The molecule has 1 fully saturated rings. The van der Waals surface area contributed by atoms with Crippen LogP contribution in [0.4, 0.5) is 0 Å². The summed E-state index contributed by atoms with van der Waals surface area (Å²) in [4.78, 5) is 23.0. The van der Waals surface area contributed by atoms with Crippen LogP contribution in [0.1, 0.15) is 38.5 Å². The highest BCUT2D eigenvalue weighted by atomic mass is 16.4. The number of carboxylic acid groups (broad SMARTS) is 1. The lowest BCUT2D eigenvalue weighted by Gasteiger charge is -2.29. The van der Waals surface area contributed by atoms with Crippen LogP contribution < -0.4 is 10.4 Å². The average Bonchev–Trinajstić information content (AvgIpc) is 2.81. The Morgan fingerprint density at radius 3 is 2.24 bits per heavy atom. The Bertz CT molecular complexity index is 332. The molecule has 0 aromatic carbocycles. The van der Waals surface area contributed by atoms with Gasteiger partial charge >= 0.3 is 0 Å². The zero-order chi connectivity index (χ0) is 12.3.